The molecule has 3 rings (SSSR count). The fraction of sp³-hybridized carbons (Fsp3) is 0.545. The summed E-state index contributed by atoms with van der Waals surface area (Å²) in [5.74, 6) is -1.20. The highest BCUT2D eigenvalue weighted by molar-refractivity contribution is 7.80. The molecule has 0 aliphatic carbocycles. The van der Waals surface area contributed by atoms with Gasteiger partial charge in [-0.25, -0.2) is 14.5 Å². The van der Waals surface area contributed by atoms with Gasteiger partial charge < -0.3 is 4.90 Å². The van der Waals surface area contributed by atoms with Crippen LogP contribution >= 0.6 is 0 Å². The van der Waals surface area contributed by atoms with Crippen molar-refractivity contribution in [2.45, 2.75) is 31.5 Å². The van der Waals surface area contributed by atoms with Crippen molar-refractivity contribution in [3.8, 4) is 0 Å². The lowest BCUT2D eigenvalue weighted by atomic mass is 10.0. The van der Waals surface area contributed by atoms with Crippen LogP contribution in [0.5, 0.6) is 0 Å². The van der Waals surface area contributed by atoms with E-state index in [-0.39, 0.29) is 25.9 Å². The average molecular weight is 389 g/mol. The van der Waals surface area contributed by atoms with E-state index in [1.165, 1.54) is 17.3 Å². The molecule has 0 spiro atoms. The van der Waals surface area contributed by atoms with Crippen LogP contribution in [-0.4, -0.2) is 74.2 Å². The molecule has 3 heterocycles. The molecule has 0 unspecified atom stereocenters. The van der Waals surface area contributed by atoms with Gasteiger partial charge in [0.05, 0.1) is 6.04 Å². The van der Waals surface area contributed by atoms with E-state index in [1.807, 2.05) is 0 Å². The Balaban J connectivity index is 1.56. The van der Waals surface area contributed by atoms with Crippen LogP contribution in [0.4, 0.5) is 4.79 Å². The molecule has 2 bridgehead atoms. The third-order valence-electron chi connectivity index (χ3n) is 3.90. The van der Waals surface area contributed by atoms with Crippen LogP contribution < -0.4 is 10.9 Å². The molecule has 4 amide bonds. The molecule has 14 nitrogen and oxygen atoms in total. The summed E-state index contributed by atoms with van der Waals surface area (Å²) in [7, 11) is -4.86. The summed E-state index contributed by atoms with van der Waals surface area (Å²) >= 11 is 0. The highest BCUT2D eigenvalue weighted by atomic mass is 32.3. The number of hydrogen-bond acceptors (Lipinski definition) is 8. The molecule has 142 valence electrons. The first-order valence-corrected chi connectivity index (χ1v) is 8.79. The standard InChI is InChI=1S/C11H15N7O7S/c19-9(4-16-6-12-5-13-16)14-15-10(20)8-2-1-7-3-17(8)11(21)18(7)25-26(22,23)24/h5-8H,1-4H2,(H,14,19)(H,15,20)(H,22,23,24)/t7-,8+/m1/s1. The van der Waals surface area contributed by atoms with Gasteiger partial charge in [-0.3, -0.25) is 25.0 Å². The maximum Gasteiger partial charge on any atom is 0.418 e. The second-order valence-corrected chi connectivity index (χ2v) is 6.64. The van der Waals surface area contributed by atoms with Gasteiger partial charge in [0.25, 0.3) is 11.8 Å². The fourth-order valence-corrected chi connectivity index (χ4v) is 3.21. The first kappa shape index (κ1) is 18.0. The van der Waals surface area contributed by atoms with Gasteiger partial charge in [-0.1, -0.05) is 0 Å². The van der Waals surface area contributed by atoms with E-state index in [9.17, 15) is 22.8 Å². The van der Waals surface area contributed by atoms with Crippen molar-refractivity contribution in [2.24, 2.45) is 0 Å². The van der Waals surface area contributed by atoms with Crippen molar-refractivity contribution in [2.75, 3.05) is 6.54 Å². The predicted molar refractivity (Wildman–Crippen MR) is 79.7 cm³/mol. The normalized spacial score (nSPS) is 22.4. The van der Waals surface area contributed by atoms with Gasteiger partial charge in [0.1, 0.15) is 25.2 Å². The molecule has 0 aromatic carbocycles. The number of amides is 4. The second kappa shape index (κ2) is 6.85. The van der Waals surface area contributed by atoms with E-state index in [1.54, 1.807) is 0 Å². The molecule has 3 N–H and O–H groups in total. The Hall–Kier alpha value is -2.78. The van der Waals surface area contributed by atoms with Crippen molar-refractivity contribution < 1.29 is 31.6 Å². The summed E-state index contributed by atoms with van der Waals surface area (Å²) in [5.41, 5.74) is 4.40. The number of urea groups is 1. The van der Waals surface area contributed by atoms with Crippen LogP contribution in [0, 0.1) is 0 Å². The minimum atomic E-state index is -4.86. The monoisotopic (exact) mass is 389 g/mol. The number of rotatable bonds is 5. The summed E-state index contributed by atoms with van der Waals surface area (Å²) in [5, 5.41) is 4.28. The second-order valence-electron chi connectivity index (χ2n) is 5.64. The molecular formula is C11H15N7O7S. The number of carbonyl (C=O) groups is 3. The summed E-state index contributed by atoms with van der Waals surface area (Å²) in [6, 6.07) is -2.38. The van der Waals surface area contributed by atoms with E-state index in [0.717, 1.165) is 4.90 Å². The first-order valence-electron chi connectivity index (χ1n) is 7.42. The summed E-state index contributed by atoms with van der Waals surface area (Å²) < 4.78 is 35.9. The van der Waals surface area contributed by atoms with Gasteiger partial charge in [-0.2, -0.15) is 18.6 Å². The molecule has 0 radical (unpaired) electrons. The lowest BCUT2D eigenvalue weighted by Crippen LogP contribution is -2.54. The summed E-state index contributed by atoms with van der Waals surface area (Å²) in [6.07, 6.45) is 3.09. The molecular weight excluding hydrogens is 374 g/mol. The number of fused-ring (bicyclic) bond motifs is 2. The zero-order chi connectivity index (χ0) is 18.9. The predicted octanol–water partition coefficient (Wildman–Crippen LogP) is -2.57. The lowest BCUT2D eigenvalue weighted by molar-refractivity contribution is -0.132. The maximum atomic E-state index is 12.2. The van der Waals surface area contributed by atoms with Gasteiger partial charge in [0.15, 0.2) is 0 Å². The molecule has 2 atom stereocenters. The molecule has 15 heteroatoms. The molecule has 2 aliphatic rings. The molecule has 26 heavy (non-hydrogen) atoms. The zero-order valence-electron chi connectivity index (χ0n) is 13.2. The van der Waals surface area contributed by atoms with Crippen molar-refractivity contribution >= 4 is 28.2 Å². The van der Waals surface area contributed by atoms with Gasteiger partial charge in [-0.15, -0.1) is 4.28 Å². The smallest absolute Gasteiger partial charge is 0.309 e. The molecule has 2 saturated heterocycles. The third-order valence-corrected chi connectivity index (χ3v) is 4.25. The van der Waals surface area contributed by atoms with Crippen LogP contribution in [0.3, 0.4) is 0 Å². The third kappa shape index (κ3) is 3.89. The Morgan fingerprint density at radius 1 is 1.35 bits per heavy atom. The number of carbonyl (C=O) groups excluding carboxylic acids is 3. The van der Waals surface area contributed by atoms with Crippen LogP contribution in [-0.2, 0) is 30.8 Å². The summed E-state index contributed by atoms with van der Waals surface area (Å²) in [4.78, 5) is 40.9. The maximum absolute atomic E-state index is 12.2. The van der Waals surface area contributed by atoms with Gasteiger partial charge in [0, 0.05) is 6.54 Å². The Labute approximate surface area is 147 Å². The number of hydroxylamine groups is 2. The largest absolute Gasteiger partial charge is 0.418 e. The lowest BCUT2D eigenvalue weighted by Gasteiger charge is -2.29. The first-order chi connectivity index (χ1) is 12.2. The van der Waals surface area contributed by atoms with Crippen molar-refractivity contribution in [1.29, 1.82) is 0 Å². The summed E-state index contributed by atoms with van der Waals surface area (Å²) in [6.45, 7) is -0.106. The van der Waals surface area contributed by atoms with E-state index < -0.39 is 40.3 Å². The molecule has 2 fully saturated rings. The van der Waals surface area contributed by atoms with Crippen molar-refractivity contribution in [1.82, 2.24) is 35.6 Å². The molecule has 1 aromatic rings. The van der Waals surface area contributed by atoms with E-state index in [2.05, 4.69) is 25.2 Å². The Bertz CT molecular complexity index is 811. The number of nitrogens with one attached hydrogen (secondary N) is 2. The topological polar surface area (TPSA) is 176 Å². The Kier molecular flexibility index (Phi) is 4.75. The van der Waals surface area contributed by atoms with E-state index in [4.69, 9.17) is 4.55 Å². The van der Waals surface area contributed by atoms with E-state index >= 15 is 0 Å². The van der Waals surface area contributed by atoms with Crippen molar-refractivity contribution in [3.63, 3.8) is 0 Å². The minimum absolute atomic E-state index is 0.0549. The SMILES string of the molecule is O=C(Cn1cncn1)NNC(=O)[C@@H]1CC[C@@H]2CN1C(=O)N2OS(=O)(=O)O. The quantitative estimate of drug-likeness (QED) is 0.361. The number of nitrogens with zero attached hydrogens (tertiary/aromatic N) is 5. The molecule has 2 aliphatic heterocycles. The van der Waals surface area contributed by atoms with Crippen molar-refractivity contribution in [3.05, 3.63) is 12.7 Å². The van der Waals surface area contributed by atoms with Gasteiger partial charge >= 0.3 is 16.4 Å². The van der Waals surface area contributed by atoms with E-state index in [0.29, 0.717) is 5.06 Å². The van der Waals surface area contributed by atoms with Gasteiger partial charge in [-0.05, 0) is 12.8 Å². The van der Waals surface area contributed by atoms with Crippen LogP contribution in [0.25, 0.3) is 0 Å². The number of piperidine rings is 1. The minimum Gasteiger partial charge on any atom is -0.309 e. The van der Waals surface area contributed by atoms with Crippen LogP contribution in [0.15, 0.2) is 12.7 Å². The molecule has 0 saturated carbocycles. The van der Waals surface area contributed by atoms with Crippen LogP contribution in [0.2, 0.25) is 0 Å². The Morgan fingerprint density at radius 3 is 2.77 bits per heavy atom. The highest BCUT2D eigenvalue weighted by Gasteiger charge is 2.49. The highest BCUT2D eigenvalue weighted by Crippen LogP contribution is 2.30. The Morgan fingerprint density at radius 2 is 2.12 bits per heavy atom. The van der Waals surface area contributed by atoms with Crippen LogP contribution in [0.1, 0.15) is 12.8 Å². The number of aromatic nitrogens is 3. The zero-order valence-corrected chi connectivity index (χ0v) is 14.0. The van der Waals surface area contributed by atoms with Gasteiger partial charge in [0.2, 0.25) is 0 Å². The molecule has 1 aromatic heterocycles. The number of hydrazine groups is 1. The fourth-order valence-electron chi connectivity index (χ4n) is 2.82. The number of hydrogen-bond donors (Lipinski definition) is 3. The average Bonchev–Trinajstić information content (AvgIpc) is 3.15.